The second-order valence-corrected chi connectivity index (χ2v) is 5.70. The van der Waals surface area contributed by atoms with Crippen molar-refractivity contribution in [1.82, 2.24) is 5.32 Å². The number of nitrogens with one attached hydrogen (secondary N) is 1. The van der Waals surface area contributed by atoms with Gasteiger partial charge in [0.1, 0.15) is 5.60 Å². The molecule has 0 saturated carbocycles. The molecule has 4 heteroatoms. The molecule has 0 aromatic rings. The van der Waals surface area contributed by atoms with Crippen molar-refractivity contribution in [3.05, 3.63) is 0 Å². The van der Waals surface area contributed by atoms with Crippen LogP contribution in [0.2, 0.25) is 0 Å². The van der Waals surface area contributed by atoms with Crippen LogP contribution in [-0.4, -0.2) is 23.0 Å². The van der Waals surface area contributed by atoms with Gasteiger partial charge < -0.3 is 10.1 Å². The van der Waals surface area contributed by atoms with Crippen LogP contribution in [0.4, 0.5) is 0 Å². The molecule has 1 rings (SSSR count). The standard InChI is InChI=1S/C12H21NO3/c1-11(2,3)16-10(15)6-8-12(4)7-5-9(14)13-12/h5-8H2,1-4H3,(H,13,14). The first kappa shape index (κ1) is 13.0. The third-order valence-corrected chi connectivity index (χ3v) is 2.65. The fraction of sp³-hybridized carbons (Fsp3) is 0.833. The van der Waals surface area contributed by atoms with Crippen LogP contribution in [0, 0.1) is 0 Å². The van der Waals surface area contributed by atoms with Gasteiger partial charge in [0.15, 0.2) is 0 Å². The maximum atomic E-state index is 11.5. The quantitative estimate of drug-likeness (QED) is 0.748. The van der Waals surface area contributed by atoms with Crippen LogP contribution >= 0.6 is 0 Å². The van der Waals surface area contributed by atoms with Gasteiger partial charge >= 0.3 is 5.97 Å². The van der Waals surface area contributed by atoms with Crippen molar-refractivity contribution in [3.63, 3.8) is 0 Å². The van der Waals surface area contributed by atoms with Gasteiger partial charge in [-0.3, -0.25) is 9.59 Å². The van der Waals surface area contributed by atoms with Crippen LogP contribution in [-0.2, 0) is 14.3 Å². The van der Waals surface area contributed by atoms with E-state index in [9.17, 15) is 9.59 Å². The van der Waals surface area contributed by atoms with Crippen LogP contribution in [0.1, 0.15) is 53.4 Å². The zero-order valence-electron chi connectivity index (χ0n) is 10.6. The van der Waals surface area contributed by atoms with Gasteiger partial charge in [0, 0.05) is 18.4 Å². The SMILES string of the molecule is CC1(CCC(=O)OC(C)(C)C)CCC(=O)N1. The lowest BCUT2D eigenvalue weighted by molar-refractivity contribution is -0.155. The van der Waals surface area contributed by atoms with Crippen LogP contribution in [0.5, 0.6) is 0 Å². The summed E-state index contributed by atoms with van der Waals surface area (Å²) in [5.74, 6) is -0.124. The maximum Gasteiger partial charge on any atom is 0.306 e. The van der Waals surface area contributed by atoms with Crippen molar-refractivity contribution in [2.45, 2.75) is 64.5 Å². The predicted molar refractivity (Wildman–Crippen MR) is 60.9 cm³/mol. The second-order valence-electron chi connectivity index (χ2n) is 5.70. The summed E-state index contributed by atoms with van der Waals surface area (Å²) >= 11 is 0. The fourth-order valence-electron chi connectivity index (χ4n) is 1.81. The predicted octanol–water partition coefficient (Wildman–Crippen LogP) is 1.78. The van der Waals surface area contributed by atoms with Crippen molar-refractivity contribution >= 4 is 11.9 Å². The molecule has 1 fully saturated rings. The zero-order valence-corrected chi connectivity index (χ0v) is 10.6. The van der Waals surface area contributed by atoms with E-state index in [2.05, 4.69) is 5.32 Å². The summed E-state index contributed by atoms with van der Waals surface area (Å²) in [5.41, 5.74) is -0.662. The van der Waals surface area contributed by atoms with Crippen molar-refractivity contribution in [3.8, 4) is 0 Å². The Morgan fingerprint density at radius 1 is 1.50 bits per heavy atom. The molecule has 0 aromatic heterocycles. The number of rotatable bonds is 3. The minimum atomic E-state index is -0.434. The van der Waals surface area contributed by atoms with E-state index in [-0.39, 0.29) is 17.4 Å². The van der Waals surface area contributed by atoms with E-state index in [0.717, 1.165) is 6.42 Å². The van der Waals surface area contributed by atoms with E-state index < -0.39 is 5.60 Å². The number of amides is 1. The van der Waals surface area contributed by atoms with Gasteiger partial charge in [-0.2, -0.15) is 0 Å². The Balaban J connectivity index is 2.35. The average molecular weight is 227 g/mol. The lowest BCUT2D eigenvalue weighted by atomic mass is 9.94. The Hall–Kier alpha value is -1.06. The van der Waals surface area contributed by atoms with Crippen LogP contribution in [0.3, 0.4) is 0 Å². The summed E-state index contributed by atoms with van der Waals surface area (Å²) in [6.45, 7) is 7.53. The molecule has 1 unspecified atom stereocenters. The summed E-state index contributed by atoms with van der Waals surface area (Å²) in [6, 6.07) is 0. The third-order valence-electron chi connectivity index (χ3n) is 2.65. The van der Waals surface area contributed by atoms with Crippen molar-refractivity contribution < 1.29 is 14.3 Å². The fourth-order valence-corrected chi connectivity index (χ4v) is 1.81. The highest BCUT2D eigenvalue weighted by atomic mass is 16.6. The summed E-state index contributed by atoms with van der Waals surface area (Å²) < 4.78 is 5.22. The monoisotopic (exact) mass is 227 g/mol. The third kappa shape index (κ3) is 4.21. The molecule has 92 valence electrons. The van der Waals surface area contributed by atoms with E-state index in [4.69, 9.17) is 4.74 Å². The molecular weight excluding hydrogens is 206 g/mol. The summed E-state index contributed by atoms with van der Waals surface area (Å²) in [7, 11) is 0. The topological polar surface area (TPSA) is 55.4 Å². The zero-order chi connectivity index (χ0) is 12.4. The normalized spacial score (nSPS) is 25.4. The summed E-state index contributed by atoms with van der Waals surface area (Å²) in [4.78, 5) is 22.6. The highest BCUT2D eigenvalue weighted by molar-refractivity contribution is 5.79. The average Bonchev–Trinajstić information content (AvgIpc) is 2.41. The molecule has 1 amide bonds. The lowest BCUT2D eigenvalue weighted by Gasteiger charge is -2.25. The van der Waals surface area contributed by atoms with Gasteiger partial charge in [-0.15, -0.1) is 0 Å². The summed E-state index contributed by atoms with van der Waals surface area (Å²) in [6.07, 6.45) is 2.36. The van der Waals surface area contributed by atoms with Crippen LogP contribution < -0.4 is 5.32 Å². The molecule has 0 radical (unpaired) electrons. The Kier molecular flexibility index (Phi) is 3.61. The highest BCUT2D eigenvalue weighted by Crippen LogP contribution is 2.25. The number of carbonyl (C=O) groups is 2. The first-order chi connectivity index (χ1) is 7.20. The minimum Gasteiger partial charge on any atom is -0.460 e. The second kappa shape index (κ2) is 4.44. The number of esters is 1. The molecule has 1 aliphatic heterocycles. The molecule has 1 saturated heterocycles. The molecule has 16 heavy (non-hydrogen) atoms. The largest absolute Gasteiger partial charge is 0.460 e. The molecule has 0 spiro atoms. The van der Waals surface area contributed by atoms with Crippen molar-refractivity contribution in [1.29, 1.82) is 0 Å². The van der Waals surface area contributed by atoms with Gasteiger partial charge in [0.25, 0.3) is 0 Å². The molecule has 0 aromatic carbocycles. The first-order valence-corrected chi connectivity index (χ1v) is 5.73. The number of ether oxygens (including phenoxy) is 1. The van der Waals surface area contributed by atoms with E-state index in [0.29, 0.717) is 19.3 Å². The Bertz CT molecular complexity index is 293. The minimum absolute atomic E-state index is 0.0756. The van der Waals surface area contributed by atoms with E-state index in [1.165, 1.54) is 0 Å². The number of hydrogen-bond donors (Lipinski definition) is 1. The molecule has 1 N–H and O–H groups in total. The van der Waals surface area contributed by atoms with E-state index >= 15 is 0 Å². The van der Waals surface area contributed by atoms with Crippen molar-refractivity contribution in [2.24, 2.45) is 0 Å². The first-order valence-electron chi connectivity index (χ1n) is 5.73. The molecular formula is C12H21NO3. The lowest BCUT2D eigenvalue weighted by Crippen LogP contribution is -2.39. The molecule has 4 nitrogen and oxygen atoms in total. The van der Waals surface area contributed by atoms with E-state index in [1.54, 1.807) is 0 Å². The van der Waals surface area contributed by atoms with Gasteiger partial charge in [-0.1, -0.05) is 0 Å². The molecule has 1 atom stereocenters. The number of hydrogen-bond acceptors (Lipinski definition) is 3. The van der Waals surface area contributed by atoms with Crippen molar-refractivity contribution in [2.75, 3.05) is 0 Å². The number of carbonyl (C=O) groups excluding carboxylic acids is 2. The Morgan fingerprint density at radius 3 is 2.56 bits per heavy atom. The van der Waals surface area contributed by atoms with Gasteiger partial charge in [0.05, 0.1) is 0 Å². The Morgan fingerprint density at radius 2 is 2.12 bits per heavy atom. The van der Waals surface area contributed by atoms with E-state index in [1.807, 2.05) is 27.7 Å². The molecule has 0 aliphatic carbocycles. The molecule has 1 aliphatic rings. The molecule has 1 heterocycles. The highest BCUT2D eigenvalue weighted by Gasteiger charge is 2.33. The summed E-state index contributed by atoms with van der Waals surface area (Å²) in [5, 5.41) is 2.90. The molecule has 0 bridgehead atoms. The smallest absolute Gasteiger partial charge is 0.306 e. The van der Waals surface area contributed by atoms with Crippen LogP contribution in [0.15, 0.2) is 0 Å². The maximum absolute atomic E-state index is 11.5. The van der Waals surface area contributed by atoms with Gasteiger partial charge in [-0.25, -0.2) is 0 Å². The van der Waals surface area contributed by atoms with Crippen LogP contribution in [0.25, 0.3) is 0 Å². The van der Waals surface area contributed by atoms with Gasteiger partial charge in [-0.05, 0) is 40.5 Å². The Labute approximate surface area is 96.7 Å². The van der Waals surface area contributed by atoms with Gasteiger partial charge in [0.2, 0.25) is 5.91 Å².